The molecule has 112 valence electrons. The lowest BCUT2D eigenvalue weighted by atomic mass is 10.2. The van der Waals surface area contributed by atoms with E-state index in [0.29, 0.717) is 25.1 Å². The Bertz CT molecular complexity index is 451. The third-order valence-corrected chi connectivity index (χ3v) is 4.01. The molecule has 0 bridgehead atoms. The number of nitrogens with one attached hydrogen (secondary N) is 2. The van der Waals surface area contributed by atoms with Gasteiger partial charge in [-0.25, -0.2) is 14.6 Å². The molecule has 1 rings (SSSR count). The van der Waals surface area contributed by atoms with E-state index in [1.807, 2.05) is 18.6 Å². The molecule has 1 aromatic rings. The fourth-order valence-corrected chi connectivity index (χ4v) is 2.65. The Morgan fingerprint density at radius 3 is 2.85 bits per heavy atom. The number of thiazole rings is 1. The summed E-state index contributed by atoms with van der Waals surface area (Å²) in [7, 11) is 0. The van der Waals surface area contributed by atoms with Crippen molar-refractivity contribution in [3.05, 3.63) is 16.1 Å². The summed E-state index contributed by atoms with van der Waals surface area (Å²) >= 11 is 3.12. The predicted octanol–water partition coefficient (Wildman–Crippen LogP) is 1.50. The van der Waals surface area contributed by atoms with E-state index < -0.39 is 18.0 Å². The lowest BCUT2D eigenvalue weighted by Crippen LogP contribution is -2.46. The Hall–Kier alpha value is -1.28. The summed E-state index contributed by atoms with van der Waals surface area (Å²) in [6.45, 7) is 2.36. The second-order valence-electron chi connectivity index (χ2n) is 4.18. The van der Waals surface area contributed by atoms with E-state index >= 15 is 0 Å². The Morgan fingerprint density at radius 1 is 1.55 bits per heavy atom. The number of nitrogens with zero attached hydrogens (tertiary/aromatic N) is 1. The first-order valence-electron chi connectivity index (χ1n) is 6.20. The van der Waals surface area contributed by atoms with Crippen molar-refractivity contribution in [3.8, 4) is 0 Å². The van der Waals surface area contributed by atoms with Gasteiger partial charge >= 0.3 is 12.0 Å². The maximum atomic E-state index is 11.6. The minimum atomic E-state index is -1.01. The quantitative estimate of drug-likeness (QED) is 0.676. The number of carbonyl (C=O) groups excluding carboxylic acids is 1. The number of hydrogen-bond acceptors (Lipinski definition) is 5. The van der Waals surface area contributed by atoms with Crippen LogP contribution in [-0.4, -0.2) is 46.7 Å². The lowest BCUT2D eigenvalue weighted by molar-refractivity contribution is -0.139. The first kappa shape index (κ1) is 16.8. The molecule has 1 aromatic heterocycles. The van der Waals surface area contributed by atoms with Crippen LogP contribution in [0.3, 0.4) is 0 Å². The molecule has 0 aliphatic rings. The molecule has 0 aliphatic heterocycles. The van der Waals surface area contributed by atoms with E-state index in [4.69, 9.17) is 5.11 Å². The van der Waals surface area contributed by atoms with Gasteiger partial charge in [-0.1, -0.05) is 0 Å². The fourth-order valence-electron chi connectivity index (χ4n) is 1.53. The van der Waals surface area contributed by atoms with Crippen LogP contribution < -0.4 is 10.6 Å². The van der Waals surface area contributed by atoms with Gasteiger partial charge in [-0.3, -0.25) is 0 Å². The maximum Gasteiger partial charge on any atom is 0.326 e. The van der Waals surface area contributed by atoms with Gasteiger partial charge in [0, 0.05) is 18.3 Å². The normalized spacial score (nSPS) is 11.9. The molecule has 0 fully saturated rings. The van der Waals surface area contributed by atoms with Crippen molar-refractivity contribution in [3.63, 3.8) is 0 Å². The highest BCUT2D eigenvalue weighted by atomic mass is 32.2. The number of aryl methyl sites for hydroxylation is 1. The molecule has 0 aromatic carbocycles. The van der Waals surface area contributed by atoms with E-state index in [0.717, 1.165) is 10.7 Å². The second-order valence-corrected chi connectivity index (χ2v) is 6.23. The largest absolute Gasteiger partial charge is 0.480 e. The van der Waals surface area contributed by atoms with Gasteiger partial charge in [0.05, 0.1) is 10.7 Å². The van der Waals surface area contributed by atoms with Crippen LogP contribution in [-0.2, 0) is 11.2 Å². The summed E-state index contributed by atoms with van der Waals surface area (Å²) in [5.74, 6) is -0.320. The molecule has 20 heavy (non-hydrogen) atoms. The Kier molecular flexibility index (Phi) is 7.38. The Morgan fingerprint density at radius 2 is 2.30 bits per heavy atom. The standard InChI is InChI=1S/C12H19N3O3S2/c1-8-14-9(7-20-8)3-5-13-12(18)15-10(11(16)17)4-6-19-2/h7,10H,3-6H2,1-2H3,(H,16,17)(H2,13,15,18)/t10-/m0/s1. The van der Waals surface area contributed by atoms with Crippen LogP contribution >= 0.6 is 23.1 Å². The van der Waals surface area contributed by atoms with E-state index in [-0.39, 0.29) is 0 Å². The first-order chi connectivity index (χ1) is 9.52. The van der Waals surface area contributed by atoms with E-state index in [1.165, 1.54) is 0 Å². The van der Waals surface area contributed by atoms with Crippen molar-refractivity contribution >= 4 is 35.1 Å². The summed E-state index contributed by atoms with van der Waals surface area (Å²) in [6.07, 6.45) is 2.95. The molecule has 0 saturated heterocycles. The minimum Gasteiger partial charge on any atom is -0.480 e. The van der Waals surface area contributed by atoms with Crippen molar-refractivity contribution in [2.24, 2.45) is 0 Å². The molecule has 0 unspecified atom stereocenters. The molecule has 0 saturated carbocycles. The molecule has 0 aliphatic carbocycles. The lowest BCUT2D eigenvalue weighted by Gasteiger charge is -2.14. The molecule has 0 radical (unpaired) electrons. The predicted molar refractivity (Wildman–Crippen MR) is 81.5 cm³/mol. The van der Waals surface area contributed by atoms with Crippen molar-refractivity contribution in [2.75, 3.05) is 18.6 Å². The van der Waals surface area contributed by atoms with Gasteiger partial charge in [-0.05, 0) is 25.4 Å². The average molecular weight is 317 g/mol. The van der Waals surface area contributed by atoms with Gasteiger partial charge in [0.1, 0.15) is 6.04 Å². The van der Waals surface area contributed by atoms with E-state index in [1.54, 1.807) is 23.1 Å². The highest BCUT2D eigenvalue weighted by Gasteiger charge is 2.18. The maximum absolute atomic E-state index is 11.6. The van der Waals surface area contributed by atoms with Gasteiger partial charge in [0.2, 0.25) is 0 Å². The summed E-state index contributed by atoms with van der Waals surface area (Å²) in [5.41, 5.74) is 0.935. The number of carbonyl (C=O) groups is 2. The monoisotopic (exact) mass is 317 g/mol. The second kappa shape index (κ2) is 8.80. The number of thioether (sulfide) groups is 1. The highest BCUT2D eigenvalue weighted by Crippen LogP contribution is 2.07. The van der Waals surface area contributed by atoms with Crippen LogP contribution in [0.25, 0.3) is 0 Å². The fraction of sp³-hybridized carbons (Fsp3) is 0.583. The molecule has 3 N–H and O–H groups in total. The average Bonchev–Trinajstić information content (AvgIpc) is 2.80. The number of amides is 2. The first-order valence-corrected chi connectivity index (χ1v) is 8.47. The summed E-state index contributed by atoms with van der Waals surface area (Å²) in [4.78, 5) is 26.9. The topological polar surface area (TPSA) is 91.3 Å². The van der Waals surface area contributed by atoms with Crippen molar-refractivity contribution in [1.82, 2.24) is 15.6 Å². The third kappa shape index (κ3) is 6.25. The zero-order chi connectivity index (χ0) is 15.0. The number of aromatic nitrogens is 1. The number of hydrogen-bond donors (Lipinski definition) is 3. The van der Waals surface area contributed by atoms with Crippen LogP contribution in [0, 0.1) is 6.92 Å². The summed E-state index contributed by atoms with van der Waals surface area (Å²) < 4.78 is 0. The van der Waals surface area contributed by atoms with Crippen LogP contribution in [0.2, 0.25) is 0 Å². The molecule has 0 spiro atoms. The number of carboxylic acids is 1. The van der Waals surface area contributed by atoms with Crippen molar-refractivity contribution in [2.45, 2.75) is 25.8 Å². The van der Waals surface area contributed by atoms with Gasteiger partial charge in [0.25, 0.3) is 0 Å². The number of urea groups is 1. The van der Waals surface area contributed by atoms with Crippen LogP contribution in [0.15, 0.2) is 5.38 Å². The van der Waals surface area contributed by atoms with Gasteiger partial charge in [0.15, 0.2) is 0 Å². The van der Waals surface area contributed by atoms with Crippen molar-refractivity contribution < 1.29 is 14.7 Å². The van der Waals surface area contributed by atoms with Crippen LogP contribution in [0.4, 0.5) is 4.79 Å². The third-order valence-electron chi connectivity index (χ3n) is 2.55. The summed E-state index contributed by atoms with van der Waals surface area (Å²) in [6, 6.07) is -1.30. The van der Waals surface area contributed by atoms with Crippen molar-refractivity contribution in [1.29, 1.82) is 0 Å². The smallest absolute Gasteiger partial charge is 0.326 e. The Balaban J connectivity index is 2.28. The summed E-state index contributed by atoms with van der Waals surface area (Å²) in [5, 5.41) is 17.0. The number of carboxylic acid groups (broad SMARTS) is 1. The highest BCUT2D eigenvalue weighted by molar-refractivity contribution is 7.98. The van der Waals surface area contributed by atoms with Gasteiger partial charge in [-0.15, -0.1) is 11.3 Å². The molecule has 2 amide bonds. The molecule has 1 heterocycles. The zero-order valence-corrected chi connectivity index (χ0v) is 13.1. The van der Waals surface area contributed by atoms with Gasteiger partial charge < -0.3 is 15.7 Å². The molecular weight excluding hydrogens is 298 g/mol. The molecule has 6 nitrogen and oxygen atoms in total. The van der Waals surface area contributed by atoms with E-state index in [2.05, 4.69) is 15.6 Å². The molecular formula is C12H19N3O3S2. The SMILES string of the molecule is CSCC[C@H](NC(=O)NCCc1csc(C)n1)C(=O)O. The van der Waals surface area contributed by atoms with Crippen LogP contribution in [0.1, 0.15) is 17.1 Å². The molecule has 1 atom stereocenters. The van der Waals surface area contributed by atoms with Crippen LogP contribution in [0.5, 0.6) is 0 Å². The Labute approximate surface area is 126 Å². The minimum absolute atomic E-state index is 0.412. The number of aliphatic carboxylic acids is 1. The zero-order valence-electron chi connectivity index (χ0n) is 11.5. The number of rotatable bonds is 8. The molecule has 8 heteroatoms. The van der Waals surface area contributed by atoms with E-state index in [9.17, 15) is 9.59 Å². The van der Waals surface area contributed by atoms with Gasteiger partial charge in [-0.2, -0.15) is 11.8 Å².